The zero-order valence-electron chi connectivity index (χ0n) is 10.1. The molecule has 0 saturated carbocycles. The monoisotopic (exact) mass is 256 g/mol. The Bertz CT molecular complexity index is 303. The van der Waals surface area contributed by atoms with Gasteiger partial charge in [0.1, 0.15) is 0 Å². The molecule has 0 aliphatic carbocycles. The first-order valence-electron chi connectivity index (χ1n) is 6.39. The van der Waals surface area contributed by atoms with Crippen LogP contribution in [0.15, 0.2) is 0 Å². The number of likely N-dealkylation sites (tertiary alicyclic amines) is 1. The molecule has 0 aromatic heterocycles. The lowest BCUT2D eigenvalue weighted by atomic mass is 10.0. The van der Waals surface area contributed by atoms with Crippen LogP contribution in [-0.2, 0) is 9.53 Å². The molecule has 0 aromatic carbocycles. The second kappa shape index (κ2) is 5.78. The van der Waals surface area contributed by atoms with E-state index in [0.29, 0.717) is 11.4 Å². The standard InChI is InChI=1S/C12H20N2O2S/c13-12(17)10-5-1-2-6-14(10)11(15)8-9-4-3-7-16-9/h9-10H,1-8H2,(H2,13,17). The van der Waals surface area contributed by atoms with Crippen molar-refractivity contribution >= 4 is 23.1 Å². The van der Waals surface area contributed by atoms with Gasteiger partial charge in [-0.2, -0.15) is 0 Å². The second-order valence-corrected chi connectivity index (χ2v) is 5.31. The molecule has 4 nitrogen and oxygen atoms in total. The van der Waals surface area contributed by atoms with Crippen molar-refractivity contribution in [3.63, 3.8) is 0 Å². The quantitative estimate of drug-likeness (QED) is 0.772. The third kappa shape index (κ3) is 3.16. The van der Waals surface area contributed by atoms with Crippen LogP contribution in [-0.4, -0.2) is 41.1 Å². The molecule has 2 N–H and O–H groups in total. The Hall–Kier alpha value is -0.680. The second-order valence-electron chi connectivity index (χ2n) is 4.84. The summed E-state index contributed by atoms with van der Waals surface area (Å²) in [5, 5.41) is 0. The van der Waals surface area contributed by atoms with Crippen LogP contribution in [0.2, 0.25) is 0 Å². The molecule has 2 aliphatic rings. The summed E-state index contributed by atoms with van der Waals surface area (Å²) >= 11 is 5.05. The number of thiocarbonyl (C=S) groups is 1. The predicted octanol–water partition coefficient (Wildman–Crippen LogP) is 1.22. The van der Waals surface area contributed by atoms with Gasteiger partial charge in [0.2, 0.25) is 5.91 Å². The van der Waals surface area contributed by atoms with Gasteiger partial charge < -0.3 is 15.4 Å². The van der Waals surface area contributed by atoms with Crippen molar-refractivity contribution in [2.45, 2.75) is 50.7 Å². The van der Waals surface area contributed by atoms with Crippen LogP contribution < -0.4 is 5.73 Å². The van der Waals surface area contributed by atoms with Crippen LogP contribution in [0.5, 0.6) is 0 Å². The lowest BCUT2D eigenvalue weighted by Crippen LogP contribution is -2.50. The molecule has 1 amide bonds. The van der Waals surface area contributed by atoms with Gasteiger partial charge in [0, 0.05) is 13.2 Å². The molecule has 2 fully saturated rings. The van der Waals surface area contributed by atoms with E-state index in [9.17, 15) is 4.79 Å². The van der Waals surface area contributed by atoms with Gasteiger partial charge in [-0.3, -0.25) is 4.79 Å². The van der Waals surface area contributed by atoms with Crippen LogP contribution in [0.1, 0.15) is 38.5 Å². The first-order chi connectivity index (χ1) is 8.18. The molecule has 2 atom stereocenters. The van der Waals surface area contributed by atoms with Crippen molar-refractivity contribution in [3.8, 4) is 0 Å². The first-order valence-corrected chi connectivity index (χ1v) is 6.79. The maximum atomic E-state index is 12.2. The van der Waals surface area contributed by atoms with Gasteiger partial charge in [-0.15, -0.1) is 0 Å². The SMILES string of the molecule is NC(=S)C1CCCCN1C(=O)CC1CCCO1. The zero-order valence-corrected chi connectivity index (χ0v) is 10.9. The topological polar surface area (TPSA) is 55.6 Å². The van der Waals surface area contributed by atoms with Crippen molar-refractivity contribution in [3.05, 3.63) is 0 Å². The molecule has 2 heterocycles. The number of rotatable bonds is 3. The Kier molecular flexibility index (Phi) is 4.34. The van der Waals surface area contributed by atoms with E-state index in [1.807, 2.05) is 4.90 Å². The van der Waals surface area contributed by atoms with E-state index < -0.39 is 0 Å². The normalized spacial score (nSPS) is 29.3. The van der Waals surface area contributed by atoms with Crippen molar-refractivity contribution in [2.75, 3.05) is 13.2 Å². The number of amides is 1. The van der Waals surface area contributed by atoms with Crippen molar-refractivity contribution in [1.82, 2.24) is 4.90 Å². The van der Waals surface area contributed by atoms with E-state index in [4.69, 9.17) is 22.7 Å². The molecular formula is C12H20N2O2S. The van der Waals surface area contributed by atoms with E-state index in [0.717, 1.165) is 45.3 Å². The number of ether oxygens (including phenoxy) is 1. The fraction of sp³-hybridized carbons (Fsp3) is 0.833. The van der Waals surface area contributed by atoms with Crippen LogP contribution in [0.25, 0.3) is 0 Å². The Morgan fingerprint density at radius 1 is 1.35 bits per heavy atom. The summed E-state index contributed by atoms with van der Waals surface area (Å²) in [6.07, 6.45) is 5.72. The zero-order chi connectivity index (χ0) is 12.3. The minimum Gasteiger partial charge on any atom is -0.392 e. The van der Waals surface area contributed by atoms with Crippen LogP contribution in [0, 0.1) is 0 Å². The Morgan fingerprint density at radius 2 is 2.18 bits per heavy atom. The Morgan fingerprint density at radius 3 is 2.82 bits per heavy atom. The summed E-state index contributed by atoms with van der Waals surface area (Å²) < 4.78 is 5.50. The average molecular weight is 256 g/mol. The van der Waals surface area contributed by atoms with Crippen LogP contribution in [0.4, 0.5) is 0 Å². The summed E-state index contributed by atoms with van der Waals surface area (Å²) in [5.74, 6) is 0.148. The Balaban J connectivity index is 1.93. The Labute approximate surface area is 107 Å². The van der Waals surface area contributed by atoms with E-state index in [-0.39, 0.29) is 18.1 Å². The van der Waals surface area contributed by atoms with Crippen LogP contribution in [0.3, 0.4) is 0 Å². The van der Waals surface area contributed by atoms with E-state index in [1.165, 1.54) is 0 Å². The van der Waals surface area contributed by atoms with Gasteiger partial charge in [0.05, 0.1) is 23.6 Å². The van der Waals surface area contributed by atoms with E-state index >= 15 is 0 Å². The highest BCUT2D eigenvalue weighted by Crippen LogP contribution is 2.21. The fourth-order valence-corrected chi connectivity index (χ4v) is 2.89. The summed E-state index contributed by atoms with van der Waals surface area (Å²) in [6.45, 7) is 1.57. The third-order valence-electron chi connectivity index (χ3n) is 3.58. The molecule has 2 unspecified atom stereocenters. The highest BCUT2D eigenvalue weighted by atomic mass is 32.1. The summed E-state index contributed by atoms with van der Waals surface area (Å²) in [5.41, 5.74) is 5.71. The van der Waals surface area contributed by atoms with E-state index in [1.54, 1.807) is 0 Å². The molecule has 2 aliphatic heterocycles. The largest absolute Gasteiger partial charge is 0.392 e. The number of nitrogens with two attached hydrogens (primary N) is 1. The van der Waals surface area contributed by atoms with Gasteiger partial charge in [-0.05, 0) is 32.1 Å². The maximum Gasteiger partial charge on any atom is 0.225 e. The number of piperidine rings is 1. The summed E-state index contributed by atoms with van der Waals surface area (Å²) in [6, 6.07) is -0.0346. The van der Waals surface area contributed by atoms with Gasteiger partial charge in [-0.25, -0.2) is 0 Å². The van der Waals surface area contributed by atoms with Crippen molar-refractivity contribution in [2.24, 2.45) is 5.73 Å². The fourth-order valence-electron chi connectivity index (χ4n) is 2.64. The van der Waals surface area contributed by atoms with Gasteiger partial charge in [0.25, 0.3) is 0 Å². The molecule has 0 radical (unpaired) electrons. The molecule has 0 spiro atoms. The number of nitrogens with zero attached hydrogens (tertiary/aromatic N) is 1. The number of carbonyl (C=O) groups is 1. The smallest absolute Gasteiger partial charge is 0.225 e. The van der Waals surface area contributed by atoms with Gasteiger partial charge in [-0.1, -0.05) is 12.2 Å². The molecule has 0 aromatic rings. The first kappa shape index (κ1) is 12.8. The average Bonchev–Trinajstić information content (AvgIpc) is 2.81. The molecule has 17 heavy (non-hydrogen) atoms. The highest BCUT2D eigenvalue weighted by Gasteiger charge is 2.30. The van der Waals surface area contributed by atoms with Crippen molar-refractivity contribution in [1.29, 1.82) is 0 Å². The minimum absolute atomic E-state index is 0.0346. The summed E-state index contributed by atoms with van der Waals surface area (Å²) in [7, 11) is 0. The molecular weight excluding hydrogens is 236 g/mol. The number of hydrogen-bond acceptors (Lipinski definition) is 3. The third-order valence-corrected chi connectivity index (χ3v) is 3.85. The lowest BCUT2D eigenvalue weighted by Gasteiger charge is -2.35. The highest BCUT2D eigenvalue weighted by molar-refractivity contribution is 7.80. The lowest BCUT2D eigenvalue weighted by molar-refractivity contribution is -0.135. The molecule has 2 rings (SSSR count). The van der Waals surface area contributed by atoms with E-state index in [2.05, 4.69) is 0 Å². The predicted molar refractivity (Wildman–Crippen MR) is 69.7 cm³/mol. The van der Waals surface area contributed by atoms with Crippen molar-refractivity contribution < 1.29 is 9.53 Å². The van der Waals surface area contributed by atoms with Gasteiger partial charge >= 0.3 is 0 Å². The summed E-state index contributed by atoms with van der Waals surface area (Å²) in [4.78, 5) is 14.5. The number of carbonyl (C=O) groups excluding carboxylic acids is 1. The number of hydrogen-bond donors (Lipinski definition) is 1. The van der Waals surface area contributed by atoms with Crippen LogP contribution >= 0.6 is 12.2 Å². The van der Waals surface area contributed by atoms with Gasteiger partial charge in [0.15, 0.2) is 0 Å². The minimum atomic E-state index is -0.0346. The molecule has 2 saturated heterocycles. The maximum absolute atomic E-state index is 12.2. The molecule has 5 heteroatoms. The molecule has 96 valence electrons. The molecule has 0 bridgehead atoms.